The Bertz CT molecular complexity index is 811. The Kier molecular flexibility index (Phi) is 4.19. The zero-order chi connectivity index (χ0) is 14.8. The summed E-state index contributed by atoms with van der Waals surface area (Å²) in [6.07, 6.45) is 1.92. The van der Waals surface area contributed by atoms with Crippen LogP contribution in [-0.2, 0) is 0 Å². The molecule has 0 spiro atoms. The summed E-state index contributed by atoms with van der Waals surface area (Å²) < 4.78 is 5.86. The van der Waals surface area contributed by atoms with E-state index in [4.69, 9.17) is 27.9 Å². The molecule has 0 radical (unpaired) electrons. The summed E-state index contributed by atoms with van der Waals surface area (Å²) in [7, 11) is 0. The van der Waals surface area contributed by atoms with Gasteiger partial charge in [-0.15, -0.1) is 0 Å². The summed E-state index contributed by atoms with van der Waals surface area (Å²) in [4.78, 5) is 8.86. The number of rotatable bonds is 3. The summed E-state index contributed by atoms with van der Waals surface area (Å²) in [5.41, 5.74) is 0.824. The average Bonchev–Trinajstić information content (AvgIpc) is 2.50. The Balaban J connectivity index is 2.13. The maximum Gasteiger partial charge on any atom is 0.231 e. The molecule has 1 aromatic heterocycles. The molecular formula is C15H10Cl2N2OS. The van der Waals surface area contributed by atoms with Crippen molar-refractivity contribution in [1.29, 1.82) is 0 Å². The van der Waals surface area contributed by atoms with Crippen LogP contribution in [0.2, 0.25) is 10.0 Å². The van der Waals surface area contributed by atoms with Crippen molar-refractivity contribution in [2.45, 2.75) is 5.16 Å². The minimum Gasteiger partial charge on any atom is -0.437 e. The molecule has 0 N–H and O–H groups in total. The van der Waals surface area contributed by atoms with Gasteiger partial charge in [0.1, 0.15) is 5.75 Å². The number of aromatic nitrogens is 2. The predicted octanol–water partition coefficient (Wildman–Crippen LogP) is 5.45. The lowest BCUT2D eigenvalue weighted by molar-refractivity contribution is 0.463. The maximum atomic E-state index is 6.14. The summed E-state index contributed by atoms with van der Waals surface area (Å²) in [5.74, 6) is 0.939. The third kappa shape index (κ3) is 3.07. The number of halogens is 2. The molecule has 106 valence electrons. The average molecular weight is 337 g/mol. The number of ether oxygens (including phenoxy) is 1. The van der Waals surface area contributed by atoms with Gasteiger partial charge in [0, 0.05) is 11.1 Å². The van der Waals surface area contributed by atoms with E-state index in [-0.39, 0.29) is 0 Å². The van der Waals surface area contributed by atoms with Gasteiger partial charge in [-0.2, -0.15) is 4.98 Å². The third-order valence-electron chi connectivity index (χ3n) is 2.83. The zero-order valence-corrected chi connectivity index (χ0v) is 13.3. The number of hydrogen-bond donors (Lipinski definition) is 0. The van der Waals surface area contributed by atoms with Gasteiger partial charge in [0.2, 0.25) is 5.88 Å². The molecule has 0 amide bonds. The van der Waals surface area contributed by atoms with E-state index in [0.717, 1.165) is 10.9 Å². The fraction of sp³-hybridized carbons (Fsp3) is 0.0667. The highest BCUT2D eigenvalue weighted by Crippen LogP contribution is 2.34. The van der Waals surface area contributed by atoms with Crippen molar-refractivity contribution in [3.8, 4) is 11.6 Å². The van der Waals surface area contributed by atoms with Crippen LogP contribution in [0, 0.1) is 0 Å². The van der Waals surface area contributed by atoms with Crippen LogP contribution in [0.3, 0.4) is 0 Å². The largest absolute Gasteiger partial charge is 0.437 e. The van der Waals surface area contributed by atoms with Crippen molar-refractivity contribution in [1.82, 2.24) is 9.97 Å². The molecule has 0 unspecified atom stereocenters. The van der Waals surface area contributed by atoms with Crippen molar-refractivity contribution in [2.75, 3.05) is 6.26 Å². The van der Waals surface area contributed by atoms with E-state index < -0.39 is 0 Å². The first-order valence-electron chi connectivity index (χ1n) is 6.11. The quantitative estimate of drug-likeness (QED) is 0.470. The van der Waals surface area contributed by atoms with Crippen LogP contribution in [0.15, 0.2) is 47.6 Å². The van der Waals surface area contributed by atoms with Gasteiger partial charge < -0.3 is 4.74 Å². The number of thioether (sulfide) groups is 1. The third-order valence-corrected chi connectivity index (χ3v) is 3.93. The molecule has 0 fully saturated rings. The smallest absolute Gasteiger partial charge is 0.231 e. The van der Waals surface area contributed by atoms with Crippen LogP contribution < -0.4 is 4.74 Å². The molecule has 2 aromatic carbocycles. The second-order valence-electron chi connectivity index (χ2n) is 4.21. The fourth-order valence-electron chi connectivity index (χ4n) is 1.86. The molecule has 3 rings (SSSR count). The molecule has 3 nitrogen and oxygen atoms in total. The summed E-state index contributed by atoms with van der Waals surface area (Å²) in [5, 5.41) is 2.50. The van der Waals surface area contributed by atoms with Crippen LogP contribution in [0.4, 0.5) is 0 Å². The van der Waals surface area contributed by atoms with Gasteiger partial charge >= 0.3 is 0 Å². The molecule has 0 aliphatic carbocycles. The minimum atomic E-state index is 0.467. The van der Waals surface area contributed by atoms with Crippen molar-refractivity contribution in [2.24, 2.45) is 0 Å². The van der Waals surface area contributed by atoms with Gasteiger partial charge in [0.05, 0.1) is 15.9 Å². The van der Waals surface area contributed by atoms with Crippen LogP contribution in [0.1, 0.15) is 0 Å². The second kappa shape index (κ2) is 6.10. The normalized spacial score (nSPS) is 10.8. The van der Waals surface area contributed by atoms with Crippen molar-refractivity contribution in [3.63, 3.8) is 0 Å². The standard InChI is InChI=1S/C15H10Cl2N2OS/c1-21-15-18-12-5-3-2-4-10(12)14(19-15)20-13-8-9(16)6-7-11(13)17/h2-8H,1H3. The molecule has 0 bridgehead atoms. The lowest BCUT2D eigenvalue weighted by Gasteiger charge is -2.10. The molecule has 1 heterocycles. The first-order chi connectivity index (χ1) is 10.2. The predicted molar refractivity (Wildman–Crippen MR) is 87.9 cm³/mol. The maximum absolute atomic E-state index is 6.14. The van der Waals surface area contributed by atoms with Gasteiger partial charge in [0.25, 0.3) is 0 Å². The number of para-hydroxylation sites is 1. The molecule has 3 aromatic rings. The topological polar surface area (TPSA) is 35.0 Å². The first-order valence-corrected chi connectivity index (χ1v) is 8.09. The molecule has 6 heteroatoms. The van der Waals surface area contributed by atoms with Crippen LogP contribution in [0.5, 0.6) is 11.6 Å². The number of benzene rings is 2. The van der Waals surface area contributed by atoms with E-state index in [2.05, 4.69) is 9.97 Å². The van der Waals surface area contributed by atoms with E-state index in [9.17, 15) is 0 Å². The van der Waals surface area contributed by atoms with E-state index in [1.807, 2.05) is 30.5 Å². The van der Waals surface area contributed by atoms with Crippen LogP contribution in [0.25, 0.3) is 10.9 Å². The van der Waals surface area contributed by atoms with Crippen LogP contribution >= 0.6 is 35.0 Å². The molecule has 0 aliphatic rings. The number of nitrogens with zero attached hydrogens (tertiary/aromatic N) is 2. The van der Waals surface area contributed by atoms with Gasteiger partial charge in [0.15, 0.2) is 5.16 Å². The minimum absolute atomic E-state index is 0.467. The summed E-state index contributed by atoms with van der Waals surface area (Å²) in [6, 6.07) is 12.7. The molecular weight excluding hydrogens is 327 g/mol. The molecule has 0 saturated carbocycles. The van der Waals surface area contributed by atoms with Gasteiger partial charge in [-0.3, -0.25) is 0 Å². The molecule has 21 heavy (non-hydrogen) atoms. The highest BCUT2D eigenvalue weighted by atomic mass is 35.5. The molecule has 0 aliphatic heterocycles. The Morgan fingerprint density at radius 2 is 1.86 bits per heavy atom. The molecule has 0 atom stereocenters. The van der Waals surface area contributed by atoms with Gasteiger partial charge in [-0.1, -0.05) is 47.1 Å². The van der Waals surface area contributed by atoms with E-state index in [0.29, 0.717) is 26.8 Å². The highest BCUT2D eigenvalue weighted by Gasteiger charge is 2.11. The SMILES string of the molecule is CSc1nc(Oc2cc(Cl)ccc2Cl)c2ccccc2n1. The molecule has 0 saturated heterocycles. The lowest BCUT2D eigenvalue weighted by Crippen LogP contribution is -1.95. The second-order valence-corrected chi connectivity index (χ2v) is 5.83. The summed E-state index contributed by atoms with van der Waals surface area (Å²) >= 11 is 13.6. The van der Waals surface area contributed by atoms with Crippen molar-refractivity contribution >= 4 is 45.9 Å². The number of hydrogen-bond acceptors (Lipinski definition) is 4. The highest BCUT2D eigenvalue weighted by molar-refractivity contribution is 7.98. The van der Waals surface area contributed by atoms with E-state index >= 15 is 0 Å². The van der Waals surface area contributed by atoms with Crippen molar-refractivity contribution < 1.29 is 4.74 Å². The first kappa shape index (κ1) is 14.4. The van der Waals surface area contributed by atoms with Gasteiger partial charge in [-0.25, -0.2) is 4.98 Å². The Hall–Kier alpha value is -1.49. The van der Waals surface area contributed by atoms with E-state index in [1.54, 1.807) is 18.2 Å². The van der Waals surface area contributed by atoms with Gasteiger partial charge in [-0.05, 0) is 30.5 Å². The monoisotopic (exact) mass is 336 g/mol. The van der Waals surface area contributed by atoms with Crippen LogP contribution in [-0.4, -0.2) is 16.2 Å². The fourth-order valence-corrected chi connectivity index (χ4v) is 2.54. The zero-order valence-electron chi connectivity index (χ0n) is 11.0. The van der Waals surface area contributed by atoms with Crippen molar-refractivity contribution in [3.05, 3.63) is 52.5 Å². The Morgan fingerprint density at radius 3 is 2.67 bits per heavy atom. The summed E-state index contributed by atoms with van der Waals surface area (Å²) in [6.45, 7) is 0. The Labute approximate surface area is 136 Å². The van der Waals surface area contributed by atoms with E-state index in [1.165, 1.54) is 11.8 Å². The number of fused-ring (bicyclic) bond motifs is 1. The Morgan fingerprint density at radius 1 is 1.05 bits per heavy atom. The lowest BCUT2D eigenvalue weighted by atomic mass is 10.2.